The van der Waals surface area contributed by atoms with Crippen molar-refractivity contribution in [3.8, 4) is 0 Å². The number of aliphatic hydroxyl groups is 1. The summed E-state index contributed by atoms with van der Waals surface area (Å²) in [7, 11) is 1.35. The highest BCUT2D eigenvalue weighted by atomic mass is 16.5. The van der Waals surface area contributed by atoms with Gasteiger partial charge in [0.15, 0.2) is 0 Å². The first-order chi connectivity index (χ1) is 12.7. The van der Waals surface area contributed by atoms with Crippen LogP contribution in [0.5, 0.6) is 0 Å². The third-order valence-corrected chi connectivity index (χ3v) is 3.62. The fourth-order valence-corrected chi connectivity index (χ4v) is 2.14. The van der Waals surface area contributed by atoms with Gasteiger partial charge < -0.3 is 9.84 Å². The Morgan fingerprint density at radius 3 is 1.88 bits per heavy atom. The standard InChI is InChI=1S/C23H34O3/c1-3-4-5-6-13-16-19-22(24)20-17-14-11-9-7-8-10-12-15-18-21-23(25)26-2/h7-12,14-15,17-18,20-22,24H,3-6,13,16,19H2,1-2H3/b9-7+,10-8+,14-11+,15-12+,20-17+,21-18+. The van der Waals surface area contributed by atoms with E-state index in [1.54, 1.807) is 12.2 Å². The molecule has 0 aliphatic carbocycles. The van der Waals surface area contributed by atoms with Crippen LogP contribution in [0.3, 0.4) is 0 Å². The molecule has 0 fully saturated rings. The van der Waals surface area contributed by atoms with Crippen molar-refractivity contribution >= 4 is 5.97 Å². The van der Waals surface area contributed by atoms with Gasteiger partial charge in [-0.3, -0.25) is 0 Å². The molecule has 3 heteroatoms. The molecule has 3 nitrogen and oxygen atoms in total. The Labute approximate surface area is 159 Å². The highest BCUT2D eigenvalue weighted by Crippen LogP contribution is 2.09. The normalized spacial score (nSPS) is 14.1. The zero-order valence-corrected chi connectivity index (χ0v) is 16.2. The van der Waals surface area contributed by atoms with Gasteiger partial charge in [-0.25, -0.2) is 4.79 Å². The molecule has 1 N–H and O–H groups in total. The maximum absolute atomic E-state index is 10.8. The summed E-state index contributed by atoms with van der Waals surface area (Å²) in [6.07, 6.45) is 29.7. The Hall–Kier alpha value is -2.13. The van der Waals surface area contributed by atoms with E-state index in [2.05, 4.69) is 11.7 Å². The van der Waals surface area contributed by atoms with Crippen molar-refractivity contribution in [2.45, 2.75) is 58.0 Å². The van der Waals surface area contributed by atoms with Crippen molar-refractivity contribution < 1.29 is 14.6 Å². The second-order valence-corrected chi connectivity index (χ2v) is 5.93. The molecule has 0 aromatic rings. The first-order valence-corrected chi connectivity index (χ1v) is 9.48. The Balaban J connectivity index is 3.79. The summed E-state index contributed by atoms with van der Waals surface area (Å²) in [4.78, 5) is 10.8. The minimum atomic E-state index is -0.367. The van der Waals surface area contributed by atoms with Crippen LogP contribution in [0.2, 0.25) is 0 Å². The number of rotatable bonds is 14. The van der Waals surface area contributed by atoms with Crippen LogP contribution in [0.15, 0.2) is 72.9 Å². The van der Waals surface area contributed by atoms with E-state index in [-0.39, 0.29) is 12.1 Å². The van der Waals surface area contributed by atoms with Gasteiger partial charge in [0.1, 0.15) is 0 Å². The summed E-state index contributed by atoms with van der Waals surface area (Å²) in [6.45, 7) is 2.22. The molecule has 1 unspecified atom stereocenters. The fraction of sp³-hybridized carbons (Fsp3) is 0.435. The van der Waals surface area contributed by atoms with Crippen molar-refractivity contribution in [3.63, 3.8) is 0 Å². The van der Waals surface area contributed by atoms with E-state index in [1.807, 2.05) is 54.7 Å². The lowest BCUT2D eigenvalue weighted by atomic mass is 10.1. The molecule has 0 aliphatic rings. The SMILES string of the molecule is CCCCCCCCC(O)/C=C/C=C/C=C/C=C/C=C/C=C/C(=O)OC. The average Bonchev–Trinajstić information content (AvgIpc) is 2.65. The number of carbonyl (C=O) groups is 1. The van der Waals surface area contributed by atoms with Crippen LogP contribution in [0.1, 0.15) is 51.9 Å². The molecule has 0 saturated carbocycles. The van der Waals surface area contributed by atoms with Crippen LogP contribution in [-0.4, -0.2) is 24.3 Å². The molecule has 144 valence electrons. The van der Waals surface area contributed by atoms with Gasteiger partial charge in [-0.05, 0) is 6.42 Å². The van der Waals surface area contributed by atoms with Crippen LogP contribution in [0.25, 0.3) is 0 Å². The highest BCUT2D eigenvalue weighted by Gasteiger charge is 1.97. The third kappa shape index (κ3) is 18.2. The quantitative estimate of drug-likeness (QED) is 0.190. The molecule has 0 rings (SSSR count). The van der Waals surface area contributed by atoms with Crippen molar-refractivity contribution in [3.05, 3.63) is 72.9 Å². The van der Waals surface area contributed by atoms with E-state index in [9.17, 15) is 9.90 Å². The Kier molecular flexibility index (Phi) is 17.6. The Bertz CT molecular complexity index is 508. The maximum atomic E-state index is 10.8. The number of methoxy groups -OCH3 is 1. The van der Waals surface area contributed by atoms with Crippen LogP contribution in [0.4, 0.5) is 0 Å². The first kappa shape index (κ1) is 23.9. The molecule has 0 saturated heterocycles. The van der Waals surface area contributed by atoms with Crippen molar-refractivity contribution in [2.75, 3.05) is 7.11 Å². The second-order valence-electron chi connectivity index (χ2n) is 5.93. The summed E-state index contributed by atoms with van der Waals surface area (Å²) < 4.78 is 4.48. The van der Waals surface area contributed by atoms with E-state index < -0.39 is 0 Å². The van der Waals surface area contributed by atoms with E-state index in [1.165, 1.54) is 45.3 Å². The number of hydrogen-bond donors (Lipinski definition) is 1. The molecule has 0 spiro atoms. The number of carbonyl (C=O) groups excluding carboxylic acids is 1. The highest BCUT2D eigenvalue weighted by molar-refractivity contribution is 5.82. The topological polar surface area (TPSA) is 46.5 Å². The number of hydrogen-bond acceptors (Lipinski definition) is 3. The predicted octanol–water partition coefficient (Wildman–Crippen LogP) is 5.61. The maximum Gasteiger partial charge on any atom is 0.330 e. The average molecular weight is 359 g/mol. The number of allylic oxidation sites excluding steroid dienone is 10. The lowest BCUT2D eigenvalue weighted by Crippen LogP contribution is -2.01. The Morgan fingerprint density at radius 1 is 0.808 bits per heavy atom. The zero-order valence-electron chi connectivity index (χ0n) is 16.2. The first-order valence-electron chi connectivity index (χ1n) is 9.48. The van der Waals surface area contributed by atoms with Gasteiger partial charge >= 0.3 is 5.97 Å². The number of esters is 1. The summed E-state index contributed by atoms with van der Waals surface area (Å²) in [5.74, 6) is -0.367. The van der Waals surface area contributed by atoms with Gasteiger partial charge in [0.05, 0.1) is 13.2 Å². The molecule has 0 bridgehead atoms. The number of unbranched alkanes of at least 4 members (excludes halogenated alkanes) is 5. The van der Waals surface area contributed by atoms with Crippen molar-refractivity contribution in [2.24, 2.45) is 0 Å². The van der Waals surface area contributed by atoms with Crippen LogP contribution < -0.4 is 0 Å². The molecule has 0 radical (unpaired) electrons. The molecule has 1 atom stereocenters. The lowest BCUT2D eigenvalue weighted by molar-refractivity contribution is -0.134. The van der Waals surface area contributed by atoms with Gasteiger partial charge in [0, 0.05) is 6.08 Å². The summed E-state index contributed by atoms with van der Waals surface area (Å²) in [6, 6.07) is 0. The van der Waals surface area contributed by atoms with E-state index in [0.717, 1.165) is 12.8 Å². The van der Waals surface area contributed by atoms with Gasteiger partial charge in [-0.15, -0.1) is 0 Å². The van der Waals surface area contributed by atoms with Crippen LogP contribution in [0, 0.1) is 0 Å². The number of ether oxygens (including phenoxy) is 1. The molecule has 0 aliphatic heterocycles. The van der Waals surface area contributed by atoms with Gasteiger partial charge in [0.2, 0.25) is 0 Å². The van der Waals surface area contributed by atoms with Crippen LogP contribution >= 0.6 is 0 Å². The Morgan fingerprint density at radius 2 is 1.31 bits per heavy atom. The smallest absolute Gasteiger partial charge is 0.330 e. The fourth-order valence-electron chi connectivity index (χ4n) is 2.14. The molecular weight excluding hydrogens is 324 g/mol. The summed E-state index contributed by atoms with van der Waals surface area (Å²) in [5.41, 5.74) is 0. The summed E-state index contributed by atoms with van der Waals surface area (Å²) in [5, 5.41) is 9.85. The predicted molar refractivity (Wildman–Crippen MR) is 111 cm³/mol. The van der Waals surface area contributed by atoms with E-state index >= 15 is 0 Å². The minimum Gasteiger partial charge on any atom is -0.466 e. The third-order valence-electron chi connectivity index (χ3n) is 3.62. The molecule has 0 amide bonds. The van der Waals surface area contributed by atoms with Crippen molar-refractivity contribution in [1.29, 1.82) is 0 Å². The zero-order chi connectivity index (χ0) is 19.3. The molecular formula is C23H34O3. The van der Waals surface area contributed by atoms with Crippen LogP contribution in [-0.2, 0) is 9.53 Å². The van der Waals surface area contributed by atoms with Gasteiger partial charge in [0.25, 0.3) is 0 Å². The minimum absolute atomic E-state index is 0.349. The lowest BCUT2D eigenvalue weighted by Gasteiger charge is -2.04. The monoisotopic (exact) mass is 358 g/mol. The van der Waals surface area contributed by atoms with E-state index in [4.69, 9.17) is 0 Å². The molecule has 0 aromatic heterocycles. The van der Waals surface area contributed by atoms with Gasteiger partial charge in [-0.2, -0.15) is 0 Å². The molecule has 0 aromatic carbocycles. The molecule has 0 heterocycles. The van der Waals surface area contributed by atoms with Gasteiger partial charge in [-0.1, -0.05) is 112 Å². The molecule has 26 heavy (non-hydrogen) atoms. The van der Waals surface area contributed by atoms with E-state index in [0.29, 0.717) is 0 Å². The van der Waals surface area contributed by atoms with Crippen molar-refractivity contribution in [1.82, 2.24) is 0 Å². The largest absolute Gasteiger partial charge is 0.466 e. The summed E-state index contributed by atoms with van der Waals surface area (Å²) >= 11 is 0. The number of aliphatic hydroxyl groups excluding tert-OH is 1. The second kappa shape index (κ2) is 19.2.